The highest BCUT2D eigenvalue weighted by Gasteiger charge is 2.22. The van der Waals surface area contributed by atoms with E-state index >= 15 is 0 Å². The van der Waals surface area contributed by atoms with Crippen molar-refractivity contribution in [2.24, 2.45) is 5.84 Å². The molecule has 1 aliphatic rings. The Balaban J connectivity index is 2.47. The molecule has 0 unspecified atom stereocenters. The first-order valence-electron chi connectivity index (χ1n) is 5.98. The summed E-state index contributed by atoms with van der Waals surface area (Å²) in [7, 11) is 0. The van der Waals surface area contributed by atoms with Crippen molar-refractivity contribution < 1.29 is 9.13 Å². The van der Waals surface area contributed by atoms with Crippen LogP contribution in [-0.2, 0) is 17.8 Å². The largest absolute Gasteiger partial charge is 0.376 e. The van der Waals surface area contributed by atoms with E-state index in [1.54, 1.807) is 6.07 Å². The van der Waals surface area contributed by atoms with Crippen molar-refractivity contribution in [1.82, 2.24) is 4.98 Å². The number of anilines is 1. The van der Waals surface area contributed by atoms with Crippen molar-refractivity contribution in [1.29, 1.82) is 0 Å². The molecule has 2 heterocycles. The third kappa shape index (κ3) is 1.91. The maximum atomic E-state index is 14.4. The number of pyridine rings is 1. The van der Waals surface area contributed by atoms with Crippen LogP contribution in [0.3, 0.4) is 0 Å². The Bertz CT molecular complexity index is 675. The van der Waals surface area contributed by atoms with Crippen LogP contribution in [0, 0.1) is 12.7 Å². The fraction of sp³-hybridized carbons (Fsp3) is 0.308. The minimum absolute atomic E-state index is 0.352. The van der Waals surface area contributed by atoms with E-state index in [-0.39, 0.29) is 5.82 Å². The van der Waals surface area contributed by atoms with Gasteiger partial charge in [-0.2, -0.15) is 0 Å². The number of hydrogen-bond donors (Lipinski definition) is 2. The molecule has 0 saturated carbocycles. The Kier molecular flexibility index (Phi) is 3.16. The molecule has 0 bridgehead atoms. The van der Waals surface area contributed by atoms with Gasteiger partial charge in [-0.05, 0) is 34.5 Å². The molecule has 0 atom stereocenters. The smallest absolute Gasteiger partial charge is 0.148 e. The highest BCUT2D eigenvalue weighted by atomic mass is 79.9. The highest BCUT2D eigenvalue weighted by Crippen LogP contribution is 2.36. The van der Waals surface area contributed by atoms with Crippen molar-refractivity contribution in [2.45, 2.75) is 20.0 Å². The maximum absolute atomic E-state index is 14.4. The summed E-state index contributed by atoms with van der Waals surface area (Å²) in [6.45, 7) is 2.95. The third-order valence-electron chi connectivity index (χ3n) is 3.40. The van der Waals surface area contributed by atoms with E-state index in [0.717, 1.165) is 23.2 Å². The lowest BCUT2D eigenvalue weighted by atomic mass is 10.0. The van der Waals surface area contributed by atoms with Gasteiger partial charge in [-0.1, -0.05) is 0 Å². The van der Waals surface area contributed by atoms with Gasteiger partial charge in [0.25, 0.3) is 0 Å². The SMILES string of the molecule is Cc1cc(Br)c(F)c2c(NN)c3c(nc12)CCOC3. The predicted octanol–water partition coefficient (Wildman–Crippen LogP) is 2.80. The van der Waals surface area contributed by atoms with Crippen LogP contribution < -0.4 is 11.3 Å². The quantitative estimate of drug-likeness (QED) is 0.625. The standard InChI is InChI=1S/C13H13BrFN3O/c1-6-4-8(14)11(15)10-12(6)17-9-2-3-19-5-7(9)13(10)18-16/h4H,2-3,5,16H2,1H3,(H,17,18). The van der Waals surface area contributed by atoms with E-state index in [9.17, 15) is 4.39 Å². The van der Waals surface area contributed by atoms with Crippen LogP contribution in [0.25, 0.3) is 10.9 Å². The zero-order valence-electron chi connectivity index (χ0n) is 10.4. The molecule has 6 heteroatoms. The first-order chi connectivity index (χ1) is 9.13. The maximum Gasteiger partial charge on any atom is 0.148 e. The van der Waals surface area contributed by atoms with Crippen molar-refractivity contribution >= 4 is 32.5 Å². The van der Waals surface area contributed by atoms with Gasteiger partial charge < -0.3 is 10.2 Å². The first-order valence-corrected chi connectivity index (χ1v) is 6.77. The number of rotatable bonds is 1. The van der Waals surface area contributed by atoms with Gasteiger partial charge in [0.2, 0.25) is 0 Å². The van der Waals surface area contributed by atoms with Crippen LogP contribution >= 0.6 is 15.9 Å². The average Bonchev–Trinajstić information content (AvgIpc) is 2.42. The molecule has 0 fully saturated rings. The van der Waals surface area contributed by atoms with Crippen LogP contribution in [0.4, 0.5) is 10.1 Å². The summed E-state index contributed by atoms with van der Waals surface area (Å²) in [4.78, 5) is 4.59. The molecule has 1 aromatic carbocycles. The first kappa shape index (κ1) is 12.8. The van der Waals surface area contributed by atoms with Gasteiger partial charge in [-0.3, -0.25) is 10.8 Å². The lowest BCUT2D eigenvalue weighted by molar-refractivity contribution is 0.110. The summed E-state index contributed by atoms with van der Waals surface area (Å²) in [6.07, 6.45) is 0.719. The number of nitrogens with one attached hydrogen (secondary N) is 1. The van der Waals surface area contributed by atoms with Gasteiger partial charge in [0, 0.05) is 12.0 Å². The van der Waals surface area contributed by atoms with Crippen LogP contribution in [0.1, 0.15) is 16.8 Å². The molecule has 2 aromatic rings. The topological polar surface area (TPSA) is 60.2 Å². The predicted molar refractivity (Wildman–Crippen MR) is 75.3 cm³/mol. The number of halogens is 2. The minimum atomic E-state index is -0.352. The lowest BCUT2D eigenvalue weighted by Crippen LogP contribution is -2.18. The Hall–Kier alpha value is -1.24. The molecule has 3 N–H and O–H groups in total. The molecule has 19 heavy (non-hydrogen) atoms. The number of hydrazine groups is 1. The molecular formula is C13H13BrFN3O. The van der Waals surface area contributed by atoms with Gasteiger partial charge in [0.15, 0.2) is 0 Å². The second-order valence-corrected chi connectivity index (χ2v) is 5.43. The average molecular weight is 326 g/mol. The number of nitrogens with two attached hydrogens (primary N) is 1. The summed E-state index contributed by atoms with van der Waals surface area (Å²) in [6, 6.07) is 1.73. The third-order valence-corrected chi connectivity index (χ3v) is 3.98. The Morgan fingerprint density at radius 2 is 2.32 bits per heavy atom. The summed E-state index contributed by atoms with van der Waals surface area (Å²) in [5.41, 5.74) is 6.51. The van der Waals surface area contributed by atoms with E-state index in [4.69, 9.17) is 10.6 Å². The van der Waals surface area contributed by atoms with E-state index in [0.29, 0.717) is 34.3 Å². The monoisotopic (exact) mass is 325 g/mol. The van der Waals surface area contributed by atoms with E-state index in [1.807, 2.05) is 6.92 Å². The van der Waals surface area contributed by atoms with Crippen LogP contribution in [0.15, 0.2) is 10.5 Å². The number of ether oxygens (including phenoxy) is 1. The Morgan fingerprint density at radius 1 is 1.53 bits per heavy atom. The Morgan fingerprint density at radius 3 is 3.05 bits per heavy atom. The summed E-state index contributed by atoms with van der Waals surface area (Å²) in [5.74, 6) is 5.24. The molecule has 100 valence electrons. The summed E-state index contributed by atoms with van der Waals surface area (Å²) in [5, 5.41) is 0.415. The number of fused-ring (bicyclic) bond motifs is 2. The van der Waals surface area contributed by atoms with Crippen LogP contribution in [0.2, 0.25) is 0 Å². The van der Waals surface area contributed by atoms with Gasteiger partial charge in [0.05, 0.1) is 40.0 Å². The zero-order valence-corrected chi connectivity index (χ0v) is 12.0. The molecule has 1 aliphatic heterocycles. The van der Waals surface area contributed by atoms with Crippen LogP contribution in [-0.4, -0.2) is 11.6 Å². The van der Waals surface area contributed by atoms with Crippen LogP contribution in [0.5, 0.6) is 0 Å². The molecule has 0 saturated heterocycles. The van der Waals surface area contributed by atoms with Crippen molar-refractivity contribution in [3.8, 4) is 0 Å². The molecule has 3 rings (SSSR count). The van der Waals surface area contributed by atoms with Gasteiger partial charge in [0.1, 0.15) is 5.82 Å². The fourth-order valence-electron chi connectivity index (χ4n) is 2.48. The minimum Gasteiger partial charge on any atom is -0.376 e. The second-order valence-electron chi connectivity index (χ2n) is 4.57. The highest BCUT2D eigenvalue weighted by molar-refractivity contribution is 9.10. The zero-order chi connectivity index (χ0) is 13.6. The molecule has 0 radical (unpaired) electrons. The molecule has 1 aromatic heterocycles. The van der Waals surface area contributed by atoms with Crippen molar-refractivity contribution in [2.75, 3.05) is 12.0 Å². The van der Waals surface area contributed by atoms with Gasteiger partial charge in [-0.25, -0.2) is 4.39 Å². The fourth-order valence-corrected chi connectivity index (χ4v) is 3.02. The van der Waals surface area contributed by atoms with Crippen molar-refractivity contribution in [3.05, 3.63) is 33.2 Å². The molecular weight excluding hydrogens is 313 g/mol. The van der Waals surface area contributed by atoms with Gasteiger partial charge in [-0.15, -0.1) is 0 Å². The number of nitrogen functional groups attached to an aromatic ring is 1. The normalized spacial score (nSPS) is 14.5. The van der Waals surface area contributed by atoms with Crippen molar-refractivity contribution in [3.63, 3.8) is 0 Å². The number of benzene rings is 1. The number of aromatic nitrogens is 1. The summed E-state index contributed by atoms with van der Waals surface area (Å²) < 4.78 is 20.2. The molecule has 0 aliphatic carbocycles. The number of aryl methyl sites for hydroxylation is 1. The van der Waals surface area contributed by atoms with E-state index < -0.39 is 0 Å². The lowest BCUT2D eigenvalue weighted by Gasteiger charge is -2.21. The Labute approximate surface area is 118 Å². The van der Waals surface area contributed by atoms with E-state index in [2.05, 4.69) is 26.3 Å². The number of nitrogens with zero attached hydrogens (tertiary/aromatic N) is 1. The second kappa shape index (κ2) is 4.70. The molecule has 0 spiro atoms. The molecule has 0 amide bonds. The summed E-state index contributed by atoms with van der Waals surface area (Å²) >= 11 is 3.22. The number of hydrogen-bond acceptors (Lipinski definition) is 4. The van der Waals surface area contributed by atoms with E-state index in [1.165, 1.54) is 0 Å². The molecule has 4 nitrogen and oxygen atoms in total. The van der Waals surface area contributed by atoms with Gasteiger partial charge >= 0.3 is 0 Å².